The number of benzene rings is 1. The largest absolute Gasteiger partial charge is 0.497 e. The minimum atomic E-state index is -0.600. The van der Waals surface area contributed by atoms with E-state index >= 15 is 0 Å². The number of ketones is 2. The van der Waals surface area contributed by atoms with Crippen LogP contribution in [-0.2, 0) is 9.59 Å². The minimum absolute atomic E-state index is 0.00899. The summed E-state index contributed by atoms with van der Waals surface area (Å²) in [7, 11) is 1.61. The molecule has 0 aliphatic heterocycles. The van der Waals surface area contributed by atoms with Crippen molar-refractivity contribution < 1.29 is 14.3 Å². The highest BCUT2D eigenvalue weighted by molar-refractivity contribution is 9.10. The second-order valence-electron chi connectivity index (χ2n) is 4.17. The van der Waals surface area contributed by atoms with Gasteiger partial charge in [0, 0.05) is 12.8 Å². The first-order chi connectivity index (χ1) is 8.11. The normalized spacial score (nSPS) is 24.8. The van der Waals surface area contributed by atoms with Gasteiger partial charge in [0.2, 0.25) is 0 Å². The average molecular weight is 297 g/mol. The Kier molecular flexibility index (Phi) is 3.62. The van der Waals surface area contributed by atoms with Crippen LogP contribution in [0, 0.1) is 0 Å². The summed E-state index contributed by atoms with van der Waals surface area (Å²) in [6, 6.07) is 7.53. The molecule has 0 aromatic heterocycles. The van der Waals surface area contributed by atoms with E-state index in [9.17, 15) is 9.59 Å². The van der Waals surface area contributed by atoms with Gasteiger partial charge in [0.05, 0.1) is 7.11 Å². The van der Waals surface area contributed by atoms with Crippen molar-refractivity contribution in [1.82, 2.24) is 0 Å². The van der Waals surface area contributed by atoms with Gasteiger partial charge in [-0.1, -0.05) is 28.1 Å². The fraction of sp³-hybridized carbons (Fsp3) is 0.385. The van der Waals surface area contributed by atoms with Gasteiger partial charge in [0.15, 0.2) is 11.6 Å². The number of ether oxygens (including phenoxy) is 1. The summed E-state index contributed by atoms with van der Waals surface area (Å²) in [5.41, 5.74) is 1.02. The van der Waals surface area contributed by atoms with Crippen LogP contribution >= 0.6 is 15.9 Å². The standard InChI is InChI=1S/C13H13BrO3/c1-17-10-4-2-8(3-5-10)9-6-11(15)13(14)12(16)7-9/h2-5,9,13H,6-7H2,1H3. The molecular weight excluding hydrogens is 284 g/mol. The van der Waals surface area contributed by atoms with Gasteiger partial charge in [-0.2, -0.15) is 0 Å². The molecule has 1 aliphatic rings. The number of halogens is 1. The molecule has 1 saturated carbocycles. The highest BCUT2D eigenvalue weighted by Gasteiger charge is 2.34. The Bertz CT molecular complexity index is 420. The first-order valence-corrected chi connectivity index (χ1v) is 6.37. The fourth-order valence-electron chi connectivity index (χ4n) is 2.06. The predicted octanol–water partition coefficient (Wildman–Crippen LogP) is 2.47. The average Bonchev–Trinajstić information content (AvgIpc) is 2.35. The molecule has 0 saturated heterocycles. The Morgan fingerprint density at radius 3 is 2.12 bits per heavy atom. The van der Waals surface area contributed by atoms with Gasteiger partial charge >= 0.3 is 0 Å². The van der Waals surface area contributed by atoms with Crippen LogP contribution in [0.2, 0.25) is 0 Å². The third-order valence-corrected chi connectivity index (χ3v) is 4.07. The van der Waals surface area contributed by atoms with E-state index in [1.54, 1.807) is 7.11 Å². The van der Waals surface area contributed by atoms with E-state index in [1.807, 2.05) is 24.3 Å². The Morgan fingerprint density at radius 1 is 1.12 bits per heavy atom. The van der Waals surface area contributed by atoms with Crippen LogP contribution in [-0.4, -0.2) is 23.5 Å². The van der Waals surface area contributed by atoms with E-state index in [0.717, 1.165) is 11.3 Å². The molecule has 0 N–H and O–H groups in total. The molecule has 1 aromatic carbocycles. The maximum Gasteiger partial charge on any atom is 0.154 e. The SMILES string of the molecule is COc1ccc(C2CC(=O)C(Br)C(=O)C2)cc1. The lowest BCUT2D eigenvalue weighted by Gasteiger charge is -2.23. The molecule has 3 nitrogen and oxygen atoms in total. The van der Waals surface area contributed by atoms with Crippen molar-refractivity contribution in [2.45, 2.75) is 23.6 Å². The minimum Gasteiger partial charge on any atom is -0.497 e. The molecule has 0 bridgehead atoms. The zero-order valence-corrected chi connectivity index (χ0v) is 11.1. The quantitative estimate of drug-likeness (QED) is 0.622. The molecule has 0 atom stereocenters. The van der Waals surface area contributed by atoms with Crippen molar-refractivity contribution in [3.63, 3.8) is 0 Å². The summed E-state index contributed by atoms with van der Waals surface area (Å²) in [5, 5.41) is 0. The Morgan fingerprint density at radius 2 is 1.65 bits per heavy atom. The molecule has 1 aromatic rings. The molecule has 0 spiro atoms. The summed E-state index contributed by atoms with van der Waals surface area (Å²) >= 11 is 3.12. The van der Waals surface area contributed by atoms with Gasteiger partial charge in [-0.25, -0.2) is 0 Å². The van der Waals surface area contributed by atoms with Gasteiger partial charge in [0.1, 0.15) is 10.6 Å². The number of alkyl halides is 1. The molecule has 0 amide bonds. The Hall–Kier alpha value is -1.16. The molecule has 1 fully saturated rings. The number of rotatable bonds is 2. The number of Topliss-reactive ketones (excluding diaryl/α,β-unsaturated/α-hetero) is 2. The van der Waals surface area contributed by atoms with Gasteiger partial charge in [-0.3, -0.25) is 9.59 Å². The predicted molar refractivity (Wildman–Crippen MR) is 67.7 cm³/mol. The molecular formula is C13H13BrO3. The van der Waals surface area contributed by atoms with Crippen molar-refractivity contribution in [3.8, 4) is 5.75 Å². The van der Waals surface area contributed by atoms with Crippen molar-refractivity contribution in [2.24, 2.45) is 0 Å². The maximum atomic E-state index is 11.6. The van der Waals surface area contributed by atoms with Crippen LogP contribution < -0.4 is 4.74 Å². The van der Waals surface area contributed by atoms with Gasteiger partial charge in [0.25, 0.3) is 0 Å². The number of carbonyl (C=O) groups excluding carboxylic acids is 2. The van der Waals surface area contributed by atoms with Gasteiger partial charge in [-0.15, -0.1) is 0 Å². The molecule has 17 heavy (non-hydrogen) atoms. The van der Waals surface area contributed by atoms with Crippen LogP contribution in [0.25, 0.3) is 0 Å². The van der Waals surface area contributed by atoms with E-state index in [-0.39, 0.29) is 17.5 Å². The summed E-state index contributed by atoms with van der Waals surface area (Å²) < 4.78 is 5.07. The number of carbonyl (C=O) groups is 2. The third kappa shape index (κ3) is 2.57. The van der Waals surface area contributed by atoms with Crippen molar-refractivity contribution in [2.75, 3.05) is 7.11 Å². The number of hydrogen-bond donors (Lipinski definition) is 0. The lowest BCUT2D eigenvalue weighted by molar-refractivity contribution is -0.129. The van der Waals surface area contributed by atoms with E-state index < -0.39 is 4.83 Å². The zero-order valence-electron chi connectivity index (χ0n) is 9.48. The summed E-state index contributed by atoms with van der Waals surface area (Å²) in [4.78, 5) is 22.6. The molecule has 90 valence electrons. The van der Waals surface area contributed by atoms with Crippen molar-refractivity contribution >= 4 is 27.5 Å². The first kappa shape index (κ1) is 12.3. The van der Waals surface area contributed by atoms with Crippen LogP contribution in [0.15, 0.2) is 24.3 Å². The molecule has 0 unspecified atom stereocenters. The van der Waals surface area contributed by atoms with E-state index in [0.29, 0.717) is 12.8 Å². The Labute approximate surface area is 108 Å². The highest BCUT2D eigenvalue weighted by atomic mass is 79.9. The van der Waals surface area contributed by atoms with Gasteiger partial charge in [-0.05, 0) is 23.6 Å². The molecule has 0 radical (unpaired) electrons. The van der Waals surface area contributed by atoms with E-state index in [1.165, 1.54) is 0 Å². The monoisotopic (exact) mass is 296 g/mol. The van der Waals surface area contributed by atoms with E-state index in [2.05, 4.69) is 15.9 Å². The summed E-state index contributed by atoms with van der Waals surface area (Å²) in [5.74, 6) is 0.736. The van der Waals surface area contributed by atoms with E-state index in [4.69, 9.17) is 4.74 Å². The third-order valence-electron chi connectivity index (χ3n) is 3.05. The topological polar surface area (TPSA) is 43.4 Å². The van der Waals surface area contributed by atoms with Crippen LogP contribution in [0.4, 0.5) is 0 Å². The van der Waals surface area contributed by atoms with Gasteiger partial charge < -0.3 is 4.74 Å². The maximum absolute atomic E-state index is 11.6. The van der Waals surface area contributed by atoms with Crippen molar-refractivity contribution in [3.05, 3.63) is 29.8 Å². The first-order valence-electron chi connectivity index (χ1n) is 5.45. The second-order valence-corrected chi connectivity index (χ2v) is 5.09. The zero-order chi connectivity index (χ0) is 12.4. The second kappa shape index (κ2) is 5.00. The molecule has 1 aliphatic carbocycles. The molecule has 0 heterocycles. The van der Waals surface area contributed by atoms with Crippen LogP contribution in [0.3, 0.4) is 0 Å². The molecule has 2 rings (SSSR count). The molecule has 4 heteroatoms. The number of methoxy groups -OCH3 is 1. The van der Waals surface area contributed by atoms with Crippen molar-refractivity contribution in [1.29, 1.82) is 0 Å². The smallest absolute Gasteiger partial charge is 0.154 e. The van der Waals surface area contributed by atoms with Crippen LogP contribution in [0.5, 0.6) is 5.75 Å². The van der Waals surface area contributed by atoms with Crippen LogP contribution in [0.1, 0.15) is 24.3 Å². The fourth-order valence-corrected chi connectivity index (χ4v) is 2.43. The summed E-state index contributed by atoms with van der Waals surface area (Å²) in [6.45, 7) is 0. The Balaban J connectivity index is 2.17. The lowest BCUT2D eigenvalue weighted by atomic mass is 9.82. The summed E-state index contributed by atoms with van der Waals surface area (Å²) in [6.07, 6.45) is 0.849. The highest BCUT2D eigenvalue weighted by Crippen LogP contribution is 2.32. The number of hydrogen-bond acceptors (Lipinski definition) is 3. The lowest BCUT2D eigenvalue weighted by Crippen LogP contribution is -2.32.